The Morgan fingerprint density at radius 2 is 1.37 bits per heavy atom. The van der Waals surface area contributed by atoms with Gasteiger partial charge in [0.1, 0.15) is 0 Å². The van der Waals surface area contributed by atoms with Gasteiger partial charge in [-0.3, -0.25) is 4.79 Å². The van der Waals surface area contributed by atoms with Crippen molar-refractivity contribution in [3.63, 3.8) is 0 Å². The summed E-state index contributed by atoms with van der Waals surface area (Å²) < 4.78 is 0. The van der Waals surface area contributed by atoms with E-state index in [0.29, 0.717) is 0 Å². The molecule has 0 bridgehead atoms. The summed E-state index contributed by atoms with van der Waals surface area (Å²) in [6, 6.07) is 15.3. The molecular formula is C17H13NO. The van der Waals surface area contributed by atoms with E-state index in [4.69, 9.17) is 5.73 Å². The Kier molecular flexibility index (Phi) is 2.76. The molecule has 0 atom stereocenters. The molecule has 1 aliphatic rings. The number of nitrogen functional groups attached to an aromatic ring is 1. The lowest BCUT2D eigenvalue weighted by Crippen LogP contribution is -2.04. The summed E-state index contributed by atoms with van der Waals surface area (Å²) >= 11 is 0. The minimum Gasteiger partial charge on any atom is -0.399 e. The lowest BCUT2D eigenvalue weighted by molar-refractivity contribution is 0.103. The Balaban J connectivity index is 1.86. The maximum Gasteiger partial charge on any atom is 0.193 e. The Morgan fingerprint density at radius 3 is 1.84 bits per heavy atom. The van der Waals surface area contributed by atoms with E-state index in [1.54, 1.807) is 0 Å². The molecule has 92 valence electrons. The van der Waals surface area contributed by atoms with Crippen LogP contribution in [0.25, 0.3) is 11.1 Å². The zero-order chi connectivity index (χ0) is 13.2. The zero-order valence-electron chi connectivity index (χ0n) is 10.3. The van der Waals surface area contributed by atoms with E-state index in [0.717, 1.165) is 28.0 Å². The number of nitrogens with two attached hydrogens (primary N) is 1. The fourth-order valence-corrected chi connectivity index (χ4v) is 2.00. The van der Waals surface area contributed by atoms with Crippen molar-refractivity contribution < 1.29 is 4.79 Å². The van der Waals surface area contributed by atoms with Gasteiger partial charge in [-0.2, -0.15) is 0 Å². The molecule has 0 heterocycles. The van der Waals surface area contributed by atoms with Gasteiger partial charge in [0.05, 0.1) is 0 Å². The first kappa shape index (κ1) is 11.5. The summed E-state index contributed by atoms with van der Waals surface area (Å²) in [7, 11) is 0. The van der Waals surface area contributed by atoms with Crippen molar-refractivity contribution in [2.24, 2.45) is 0 Å². The molecule has 0 saturated heterocycles. The van der Waals surface area contributed by atoms with Crippen molar-refractivity contribution in [1.29, 1.82) is 0 Å². The number of Topliss-reactive ketones (excluding diaryl/α,β-unsaturated/α-hetero) is 1. The summed E-state index contributed by atoms with van der Waals surface area (Å²) in [5.41, 5.74) is 10.1. The number of anilines is 1. The lowest BCUT2D eigenvalue weighted by Gasteiger charge is -2.07. The van der Waals surface area contributed by atoms with Crippen molar-refractivity contribution in [2.45, 2.75) is 0 Å². The molecule has 1 aliphatic carbocycles. The van der Waals surface area contributed by atoms with Gasteiger partial charge in [0, 0.05) is 16.8 Å². The van der Waals surface area contributed by atoms with E-state index in [1.807, 2.05) is 66.8 Å². The van der Waals surface area contributed by atoms with Gasteiger partial charge in [0.2, 0.25) is 0 Å². The highest BCUT2D eigenvalue weighted by molar-refractivity contribution is 6.12. The van der Waals surface area contributed by atoms with Crippen LogP contribution in [0, 0.1) is 0 Å². The highest BCUT2D eigenvalue weighted by Crippen LogP contribution is 2.22. The number of benzene rings is 2. The van der Waals surface area contributed by atoms with Crippen molar-refractivity contribution >= 4 is 11.5 Å². The van der Waals surface area contributed by atoms with Crippen LogP contribution < -0.4 is 5.73 Å². The van der Waals surface area contributed by atoms with Crippen LogP contribution in [0.3, 0.4) is 0 Å². The second-order valence-corrected chi connectivity index (χ2v) is 4.51. The normalized spacial score (nSPS) is 12.7. The number of hydrogen-bond donors (Lipinski definition) is 1. The number of rotatable bonds is 3. The Labute approximate surface area is 111 Å². The molecule has 19 heavy (non-hydrogen) atoms. The number of allylic oxidation sites excluding steroid dienone is 4. The smallest absolute Gasteiger partial charge is 0.193 e. The predicted molar refractivity (Wildman–Crippen MR) is 77.8 cm³/mol. The fraction of sp³-hybridized carbons (Fsp3) is 0. The molecular weight excluding hydrogens is 234 g/mol. The second-order valence-electron chi connectivity index (χ2n) is 4.51. The van der Waals surface area contributed by atoms with E-state index >= 15 is 0 Å². The molecule has 0 radical (unpaired) electrons. The molecule has 0 unspecified atom stereocenters. The first-order valence-electron chi connectivity index (χ1n) is 6.13. The summed E-state index contributed by atoms with van der Waals surface area (Å²) in [6.45, 7) is 0. The monoisotopic (exact) mass is 247 g/mol. The van der Waals surface area contributed by atoms with E-state index in [-0.39, 0.29) is 5.78 Å². The van der Waals surface area contributed by atoms with Crippen LogP contribution >= 0.6 is 0 Å². The topological polar surface area (TPSA) is 43.1 Å². The fourth-order valence-electron chi connectivity index (χ4n) is 2.00. The number of ketones is 1. The quantitative estimate of drug-likeness (QED) is 0.665. The van der Waals surface area contributed by atoms with E-state index in [9.17, 15) is 4.79 Å². The van der Waals surface area contributed by atoms with E-state index < -0.39 is 0 Å². The van der Waals surface area contributed by atoms with Crippen LogP contribution in [-0.4, -0.2) is 5.78 Å². The molecule has 0 spiro atoms. The third-order valence-corrected chi connectivity index (χ3v) is 3.20. The van der Waals surface area contributed by atoms with Gasteiger partial charge >= 0.3 is 0 Å². The molecule has 0 fully saturated rings. The zero-order valence-corrected chi connectivity index (χ0v) is 10.3. The third kappa shape index (κ3) is 2.20. The average molecular weight is 247 g/mol. The van der Waals surface area contributed by atoms with Gasteiger partial charge in [-0.25, -0.2) is 0 Å². The Hall–Kier alpha value is -2.61. The van der Waals surface area contributed by atoms with Crippen molar-refractivity contribution in [2.75, 3.05) is 5.73 Å². The Morgan fingerprint density at radius 1 is 0.842 bits per heavy atom. The molecule has 2 heteroatoms. The largest absolute Gasteiger partial charge is 0.399 e. The van der Waals surface area contributed by atoms with Crippen LogP contribution in [0.5, 0.6) is 0 Å². The van der Waals surface area contributed by atoms with Gasteiger partial charge in [-0.15, -0.1) is 0 Å². The molecule has 0 saturated carbocycles. The second kappa shape index (κ2) is 4.58. The summed E-state index contributed by atoms with van der Waals surface area (Å²) in [4.78, 5) is 12.0. The molecule has 2 nitrogen and oxygen atoms in total. The maximum absolute atomic E-state index is 12.0. The van der Waals surface area contributed by atoms with Gasteiger partial charge in [-0.05, 0) is 23.3 Å². The molecule has 0 aliphatic heterocycles. The van der Waals surface area contributed by atoms with Crippen molar-refractivity contribution in [3.05, 3.63) is 77.9 Å². The Bertz CT molecular complexity index is 676. The predicted octanol–water partition coefficient (Wildman–Crippen LogP) is 3.61. The summed E-state index contributed by atoms with van der Waals surface area (Å²) in [6.07, 6.45) is 5.53. The first-order valence-corrected chi connectivity index (χ1v) is 6.13. The first-order chi connectivity index (χ1) is 9.24. The molecule has 2 aromatic carbocycles. The number of carbonyl (C=O) groups excluding carboxylic acids is 1. The highest BCUT2D eigenvalue weighted by Gasteiger charge is 2.12. The molecule has 2 aromatic rings. The van der Waals surface area contributed by atoms with Crippen LogP contribution in [0.1, 0.15) is 10.4 Å². The van der Waals surface area contributed by atoms with Gasteiger partial charge in [-0.1, -0.05) is 54.6 Å². The summed E-state index contributed by atoms with van der Waals surface area (Å²) in [5.74, 6) is 0.0753. The molecule has 2 N–H and O–H groups in total. The number of carbonyl (C=O) groups is 1. The average Bonchev–Trinajstić information content (AvgIpc) is 2.38. The van der Waals surface area contributed by atoms with Crippen LogP contribution in [0.4, 0.5) is 5.69 Å². The van der Waals surface area contributed by atoms with Crippen LogP contribution in [0.2, 0.25) is 0 Å². The van der Waals surface area contributed by atoms with E-state index in [2.05, 4.69) is 0 Å². The van der Waals surface area contributed by atoms with Gasteiger partial charge in [0.15, 0.2) is 5.78 Å². The SMILES string of the molecule is Nc1ccc(-c2ccc(C(=O)C3=CC=C3)cc2)cc1. The molecule has 0 aromatic heterocycles. The number of hydrogen-bond acceptors (Lipinski definition) is 2. The molecule has 0 amide bonds. The minimum atomic E-state index is 0.0753. The summed E-state index contributed by atoms with van der Waals surface area (Å²) in [5, 5.41) is 0. The standard InChI is InChI=1S/C17H13NO/c18-16-10-8-13(9-11-16)12-4-6-15(7-5-12)17(19)14-2-1-3-14/h1-11H,18H2. The maximum atomic E-state index is 12.0. The van der Waals surface area contributed by atoms with Crippen LogP contribution in [-0.2, 0) is 0 Å². The third-order valence-electron chi connectivity index (χ3n) is 3.20. The highest BCUT2D eigenvalue weighted by atomic mass is 16.1. The van der Waals surface area contributed by atoms with Gasteiger partial charge in [0.25, 0.3) is 0 Å². The minimum absolute atomic E-state index is 0.0753. The van der Waals surface area contributed by atoms with Crippen molar-refractivity contribution in [3.8, 4) is 11.1 Å². The van der Waals surface area contributed by atoms with Crippen LogP contribution in [0.15, 0.2) is 72.3 Å². The van der Waals surface area contributed by atoms with Crippen molar-refractivity contribution in [1.82, 2.24) is 0 Å². The van der Waals surface area contributed by atoms with Gasteiger partial charge < -0.3 is 5.73 Å². The van der Waals surface area contributed by atoms with E-state index in [1.165, 1.54) is 0 Å². The molecule has 3 rings (SSSR count). The lowest BCUT2D eigenvalue weighted by atomic mass is 9.96.